The molecule has 0 unspecified atom stereocenters. The van der Waals surface area contributed by atoms with Crippen LogP contribution in [0.5, 0.6) is 0 Å². The summed E-state index contributed by atoms with van der Waals surface area (Å²) in [5, 5.41) is 6.52. The van der Waals surface area contributed by atoms with Gasteiger partial charge in [0.25, 0.3) is 0 Å². The number of hydrogen-bond donors (Lipinski definition) is 2. The van der Waals surface area contributed by atoms with Crippen LogP contribution in [-0.4, -0.2) is 48.9 Å². The summed E-state index contributed by atoms with van der Waals surface area (Å²) in [7, 11) is 0. The molecule has 6 heteroatoms. The van der Waals surface area contributed by atoms with Gasteiger partial charge in [0.05, 0.1) is 12.5 Å². The lowest BCUT2D eigenvalue weighted by Gasteiger charge is -2.34. The van der Waals surface area contributed by atoms with Crippen molar-refractivity contribution in [2.24, 2.45) is 0 Å². The van der Waals surface area contributed by atoms with E-state index < -0.39 is 6.04 Å². The topological polar surface area (TPSA) is 61.4 Å². The molecule has 0 spiro atoms. The Labute approximate surface area is 177 Å². The van der Waals surface area contributed by atoms with Crippen LogP contribution in [-0.2, 0) is 22.4 Å². The van der Waals surface area contributed by atoms with Gasteiger partial charge in [-0.3, -0.25) is 14.5 Å². The Balaban J connectivity index is 1.46. The molecule has 2 amide bonds. The minimum atomic E-state index is -0.403. The third-order valence-electron chi connectivity index (χ3n) is 5.25. The van der Waals surface area contributed by atoms with Gasteiger partial charge in [0.15, 0.2) is 0 Å². The van der Waals surface area contributed by atoms with Crippen LogP contribution in [0.1, 0.15) is 24.0 Å². The molecule has 1 heterocycles. The zero-order valence-corrected chi connectivity index (χ0v) is 17.3. The van der Waals surface area contributed by atoms with Gasteiger partial charge in [-0.1, -0.05) is 60.1 Å². The Kier molecular flexibility index (Phi) is 8.08. The van der Waals surface area contributed by atoms with Crippen molar-refractivity contribution in [3.63, 3.8) is 0 Å². The Bertz CT molecular complexity index is 813. The van der Waals surface area contributed by atoms with Crippen LogP contribution in [0, 0.1) is 0 Å². The van der Waals surface area contributed by atoms with E-state index in [1.165, 1.54) is 5.56 Å². The van der Waals surface area contributed by atoms with Crippen LogP contribution in [0.25, 0.3) is 0 Å². The van der Waals surface area contributed by atoms with Gasteiger partial charge in [0.2, 0.25) is 11.8 Å². The summed E-state index contributed by atoms with van der Waals surface area (Å²) in [4.78, 5) is 26.9. The summed E-state index contributed by atoms with van der Waals surface area (Å²) >= 11 is 6.15. The second-order valence-corrected chi connectivity index (χ2v) is 7.73. The van der Waals surface area contributed by atoms with Crippen molar-refractivity contribution in [3.05, 3.63) is 70.7 Å². The number of aryl methyl sites for hydroxylation is 1. The van der Waals surface area contributed by atoms with E-state index in [-0.39, 0.29) is 18.2 Å². The Morgan fingerprint density at radius 1 is 1.10 bits per heavy atom. The zero-order valence-electron chi connectivity index (χ0n) is 16.6. The van der Waals surface area contributed by atoms with Crippen LogP contribution in [0.4, 0.5) is 0 Å². The molecular weight excluding hydrogens is 386 g/mol. The number of hydrogen-bond acceptors (Lipinski definition) is 3. The molecule has 5 nitrogen and oxygen atoms in total. The molecule has 1 aliphatic rings. The molecule has 0 radical (unpaired) electrons. The first-order valence-corrected chi connectivity index (χ1v) is 10.6. The maximum absolute atomic E-state index is 12.4. The van der Waals surface area contributed by atoms with Gasteiger partial charge in [0, 0.05) is 24.7 Å². The first-order valence-electron chi connectivity index (χ1n) is 10.2. The van der Waals surface area contributed by atoms with E-state index in [1.807, 2.05) is 42.5 Å². The number of carbonyl (C=O) groups excluding carboxylic acids is 2. The molecule has 0 aliphatic carbocycles. The smallest absolute Gasteiger partial charge is 0.237 e. The number of amides is 2. The summed E-state index contributed by atoms with van der Waals surface area (Å²) in [6.07, 6.45) is 2.78. The van der Waals surface area contributed by atoms with Gasteiger partial charge in [-0.05, 0) is 43.0 Å². The highest BCUT2D eigenvalue weighted by Gasteiger charge is 2.31. The third-order valence-corrected chi connectivity index (χ3v) is 5.62. The Hall–Kier alpha value is -2.37. The van der Waals surface area contributed by atoms with Crippen LogP contribution in [0.2, 0.25) is 5.02 Å². The molecule has 0 saturated carbocycles. The van der Waals surface area contributed by atoms with Crippen molar-refractivity contribution >= 4 is 23.4 Å². The fraction of sp³-hybridized carbons (Fsp3) is 0.391. The van der Waals surface area contributed by atoms with Crippen molar-refractivity contribution in [3.8, 4) is 0 Å². The van der Waals surface area contributed by atoms with E-state index in [2.05, 4.69) is 27.7 Å². The van der Waals surface area contributed by atoms with Gasteiger partial charge in [-0.25, -0.2) is 0 Å². The highest BCUT2D eigenvalue weighted by atomic mass is 35.5. The van der Waals surface area contributed by atoms with Crippen LogP contribution >= 0.6 is 11.6 Å². The highest BCUT2D eigenvalue weighted by Crippen LogP contribution is 2.15. The predicted octanol–water partition coefficient (Wildman–Crippen LogP) is 2.82. The summed E-state index contributed by atoms with van der Waals surface area (Å²) in [6, 6.07) is 17.5. The third kappa shape index (κ3) is 6.58. The average molecular weight is 414 g/mol. The zero-order chi connectivity index (χ0) is 20.5. The highest BCUT2D eigenvalue weighted by molar-refractivity contribution is 6.31. The monoisotopic (exact) mass is 413 g/mol. The molecule has 29 heavy (non-hydrogen) atoms. The van der Waals surface area contributed by atoms with E-state index in [0.717, 1.165) is 31.5 Å². The second kappa shape index (κ2) is 11.0. The Morgan fingerprint density at radius 3 is 2.66 bits per heavy atom. The molecule has 1 fully saturated rings. The maximum atomic E-state index is 12.4. The van der Waals surface area contributed by atoms with Crippen LogP contribution in [0.15, 0.2) is 54.6 Å². The summed E-state index contributed by atoms with van der Waals surface area (Å²) in [6.45, 7) is 2.72. The Morgan fingerprint density at radius 2 is 1.86 bits per heavy atom. The van der Waals surface area contributed by atoms with E-state index in [4.69, 9.17) is 11.6 Å². The molecule has 154 valence electrons. The lowest BCUT2D eigenvalue weighted by atomic mass is 10.1. The average Bonchev–Trinajstić information content (AvgIpc) is 2.72. The molecule has 3 rings (SSSR count). The first-order chi connectivity index (χ1) is 14.1. The standard InChI is InChI=1S/C23H28ClN3O2/c24-20-11-5-4-10-19(20)12-13-25-22(28)17-21-23(29)26-14-16-27(21)15-6-9-18-7-2-1-3-8-18/h1-5,7-8,10-11,21H,6,9,12-17H2,(H,25,28)(H,26,29)/t21-/m0/s1. The van der Waals surface area contributed by atoms with Crippen molar-refractivity contribution in [2.45, 2.75) is 31.7 Å². The molecular formula is C23H28ClN3O2. The number of rotatable bonds is 9. The van der Waals surface area contributed by atoms with E-state index in [1.54, 1.807) is 0 Å². The SMILES string of the molecule is O=C(C[C@H]1C(=O)NCCN1CCCc1ccccc1)NCCc1ccccc1Cl. The van der Waals surface area contributed by atoms with Crippen LogP contribution < -0.4 is 10.6 Å². The lowest BCUT2D eigenvalue weighted by molar-refractivity contribution is -0.133. The van der Waals surface area contributed by atoms with Crippen molar-refractivity contribution < 1.29 is 9.59 Å². The van der Waals surface area contributed by atoms with E-state index >= 15 is 0 Å². The molecule has 1 aliphatic heterocycles. The number of piperazine rings is 1. The normalized spacial score (nSPS) is 17.0. The minimum absolute atomic E-state index is 0.0581. The molecule has 0 aromatic heterocycles. The van der Waals surface area contributed by atoms with Gasteiger partial charge >= 0.3 is 0 Å². The van der Waals surface area contributed by atoms with Gasteiger partial charge < -0.3 is 10.6 Å². The molecule has 1 saturated heterocycles. The number of benzene rings is 2. The minimum Gasteiger partial charge on any atom is -0.356 e. The summed E-state index contributed by atoms with van der Waals surface area (Å²) < 4.78 is 0. The van der Waals surface area contributed by atoms with Gasteiger partial charge in [-0.2, -0.15) is 0 Å². The van der Waals surface area contributed by atoms with E-state index in [0.29, 0.717) is 24.5 Å². The molecule has 2 N–H and O–H groups in total. The largest absolute Gasteiger partial charge is 0.356 e. The molecule has 0 bridgehead atoms. The number of nitrogens with zero attached hydrogens (tertiary/aromatic N) is 1. The summed E-state index contributed by atoms with van der Waals surface area (Å²) in [5.41, 5.74) is 2.30. The number of halogens is 1. The lowest BCUT2D eigenvalue weighted by Crippen LogP contribution is -2.56. The quantitative estimate of drug-likeness (QED) is 0.664. The van der Waals surface area contributed by atoms with Crippen molar-refractivity contribution in [1.29, 1.82) is 0 Å². The number of carbonyl (C=O) groups is 2. The van der Waals surface area contributed by atoms with Gasteiger partial charge in [-0.15, -0.1) is 0 Å². The molecule has 1 atom stereocenters. The second-order valence-electron chi connectivity index (χ2n) is 7.33. The molecule has 2 aromatic carbocycles. The summed E-state index contributed by atoms with van der Waals surface area (Å²) in [5.74, 6) is -0.163. The first kappa shape index (κ1) is 21.3. The molecule has 2 aromatic rings. The fourth-order valence-electron chi connectivity index (χ4n) is 3.67. The fourth-order valence-corrected chi connectivity index (χ4v) is 3.90. The van der Waals surface area contributed by atoms with E-state index in [9.17, 15) is 9.59 Å². The van der Waals surface area contributed by atoms with Crippen LogP contribution in [0.3, 0.4) is 0 Å². The van der Waals surface area contributed by atoms with Gasteiger partial charge in [0.1, 0.15) is 0 Å². The maximum Gasteiger partial charge on any atom is 0.237 e. The van der Waals surface area contributed by atoms with Crippen molar-refractivity contribution in [1.82, 2.24) is 15.5 Å². The number of nitrogens with one attached hydrogen (secondary N) is 2. The predicted molar refractivity (Wildman–Crippen MR) is 116 cm³/mol. The van der Waals surface area contributed by atoms with Crippen molar-refractivity contribution in [2.75, 3.05) is 26.2 Å².